The Morgan fingerprint density at radius 1 is 1.29 bits per heavy atom. The summed E-state index contributed by atoms with van der Waals surface area (Å²) in [5, 5.41) is 10.1. The normalized spacial score (nSPS) is 14.6. The van der Waals surface area contributed by atoms with Crippen LogP contribution in [0, 0.1) is 6.92 Å². The van der Waals surface area contributed by atoms with Gasteiger partial charge in [-0.15, -0.1) is 5.10 Å². The van der Waals surface area contributed by atoms with Gasteiger partial charge in [0.25, 0.3) is 0 Å². The highest BCUT2D eigenvalue weighted by Gasteiger charge is 2.31. The maximum absolute atomic E-state index is 13.1. The number of aromatic nitrogens is 3. The minimum absolute atomic E-state index is 0.170. The minimum Gasteiger partial charge on any atom is -0.325 e. The third-order valence-electron chi connectivity index (χ3n) is 4.59. The molecule has 0 aliphatic heterocycles. The van der Waals surface area contributed by atoms with Gasteiger partial charge in [-0.1, -0.05) is 59.8 Å². The number of halogens is 1. The molecular weight excluding hydrogens is 396 g/mol. The maximum Gasteiger partial charge on any atom is 0.344 e. The zero-order valence-corrected chi connectivity index (χ0v) is 16.8. The van der Waals surface area contributed by atoms with Gasteiger partial charge in [0.05, 0.1) is 0 Å². The van der Waals surface area contributed by atoms with E-state index >= 15 is 0 Å². The quantitative estimate of drug-likeness (QED) is 0.588. The Bertz CT molecular complexity index is 1060. The number of carbonyl (C=O) groups excluding carboxylic acids is 1. The Labute approximate surface area is 171 Å². The predicted octanol–water partition coefficient (Wildman–Crippen LogP) is 4.34. The van der Waals surface area contributed by atoms with Crippen LogP contribution in [0.5, 0.6) is 0 Å². The number of nitrogens with one attached hydrogen (secondary N) is 2. The second-order valence-electron chi connectivity index (χ2n) is 6.77. The molecule has 1 aliphatic carbocycles. The number of benzene rings is 2. The van der Waals surface area contributed by atoms with Gasteiger partial charge in [-0.2, -0.15) is 0 Å². The van der Waals surface area contributed by atoms with Crippen molar-refractivity contribution >= 4 is 35.0 Å². The number of aryl methyl sites for hydroxylation is 1. The van der Waals surface area contributed by atoms with Gasteiger partial charge in [-0.25, -0.2) is 9.89 Å². The largest absolute Gasteiger partial charge is 0.344 e. The molecule has 0 radical (unpaired) electrons. The molecule has 1 saturated carbocycles. The van der Waals surface area contributed by atoms with E-state index in [-0.39, 0.29) is 17.6 Å². The Morgan fingerprint density at radius 2 is 2.04 bits per heavy atom. The summed E-state index contributed by atoms with van der Waals surface area (Å²) in [6.07, 6.45) is 1.91. The SMILES string of the molecule is Cc1ccc(NC(=O)[C@H](Sc2n[nH]c(=O)n2C2CC2)c2ccccc2)cc1Cl. The third-order valence-corrected chi connectivity index (χ3v) is 6.22. The van der Waals surface area contributed by atoms with E-state index < -0.39 is 5.25 Å². The second kappa shape index (κ2) is 7.85. The summed E-state index contributed by atoms with van der Waals surface area (Å²) in [5.41, 5.74) is 2.17. The fourth-order valence-corrected chi connectivity index (χ4v) is 4.21. The number of rotatable bonds is 6. The number of H-pyrrole nitrogens is 1. The lowest BCUT2D eigenvalue weighted by molar-refractivity contribution is -0.115. The zero-order chi connectivity index (χ0) is 19.7. The molecule has 1 aromatic heterocycles. The fourth-order valence-electron chi connectivity index (χ4n) is 2.91. The molecule has 1 heterocycles. The monoisotopic (exact) mass is 414 g/mol. The molecular formula is C20H19ClN4O2S. The van der Waals surface area contributed by atoms with Crippen LogP contribution in [0.15, 0.2) is 58.5 Å². The van der Waals surface area contributed by atoms with Crippen molar-refractivity contribution in [2.45, 2.75) is 36.2 Å². The van der Waals surface area contributed by atoms with Crippen LogP contribution in [-0.2, 0) is 4.79 Å². The van der Waals surface area contributed by atoms with Crippen molar-refractivity contribution in [3.05, 3.63) is 75.2 Å². The molecule has 2 aromatic carbocycles. The van der Waals surface area contributed by atoms with Crippen LogP contribution < -0.4 is 11.0 Å². The molecule has 0 saturated heterocycles. The lowest BCUT2D eigenvalue weighted by Gasteiger charge is -2.17. The highest BCUT2D eigenvalue weighted by Crippen LogP contribution is 2.40. The topological polar surface area (TPSA) is 79.8 Å². The highest BCUT2D eigenvalue weighted by molar-refractivity contribution is 8.00. The molecule has 1 amide bonds. The van der Waals surface area contributed by atoms with E-state index in [9.17, 15) is 9.59 Å². The van der Waals surface area contributed by atoms with E-state index in [1.54, 1.807) is 10.6 Å². The van der Waals surface area contributed by atoms with E-state index in [1.165, 1.54) is 11.8 Å². The van der Waals surface area contributed by atoms with Crippen molar-refractivity contribution in [3.63, 3.8) is 0 Å². The van der Waals surface area contributed by atoms with E-state index in [4.69, 9.17) is 11.6 Å². The van der Waals surface area contributed by atoms with Gasteiger partial charge in [0.15, 0.2) is 5.16 Å². The Kier molecular flexibility index (Phi) is 5.28. The first-order chi connectivity index (χ1) is 13.5. The van der Waals surface area contributed by atoms with Gasteiger partial charge < -0.3 is 5.32 Å². The summed E-state index contributed by atoms with van der Waals surface area (Å²) in [6, 6.07) is 15.0. The predicted molar refractivity (Wildman–Crippen MR) is 111 cm³/mol. The fraction of sp³-hybridized carbons (Fsp3) is 0.250. The van der Waals surface area contributed by atoms with E-state index in [0.29, 0.717) is 15.9 Å². The van der Waals surface area contributed by atoms with Crippen LogP contribution in [0.4, 0.5) is 5.69 Å². The lowest BCUT2D eigenvalue weighted by atomic mass is 10.1. The number of nitrogens with zero attached hydrogens (tertiary/aromatic N) is 2. The van der Waals surface area contributed by atoms with Gasteiger partial charge in [-0.3, -0.25) is 9.36 Å². The third kappa shape index (κ3) is 4.00. The smallest absolute Gasteiger partial charge is 0.325 e. The molecule has 2 N–H and O–H groups in total. The average Bonchev–Trinajstić information content (AvgIpc) is 3.46. The number of carbonyl (C=O) groups is 1. The molecule has 144 valence electrons. The van der Waals surface area contributed by atoms with Gasteiger partial charge in [0.1, 0.15) is 5.25 Å². The molecule has 1 atom stereocenters. The van der Waals surface area contributed by atoms with E-state index in [0.717, 1.165) is 24.0 Å². The number of aromatic amines is 1. The molecule has 1 aliphatic rings. The first kappa shape index (κ1) is 18.8. The number of amides is 1. The minimum atomic E-state index is -0.561. The number of hydrogen-bond acceptors (Lipinski definition) is 4. The van der Waals surface area contributed by atoms with Crippen LogP contribution in [0.1, 0.15) is 35.3 Å². The molecule has 8 heteroatoms. The van der Waals surface area contributed by atoms with Crippen LogP contribution in [0.25, 0.3) is 0 Å². The summed E-state index contributed by atoms with van der Waals surface area (Å²) in [7, 11) is 0. The van der Waals surface area contributed by atoms with Crippen molar-refractivity contribution in [1.82, 2.24) is 14.8 Å². The van der Waals surface area contributed by atoms with Crippen LogP contribution >= 0.6 is 23.4 Å². The summed E-state index contributed by atoms with van der Waals surface area (Å²) in [6.45, 7) is 1.91. The van der Waals surface area contributed by atoms with Gasteiger partial charge in [0, 0.05) is 16.8 Å². The molecule has 3 aromatic rings. The van der Waals surface area contributed by atoms with Crippen LogP contribution in [0.3, 0.4) is 0 Å². The molecule has 0 unspecified atom stereocenters. The molecule has 4 rings (SSSR count). The number of anilines is 1. The number of hydrogen-bond donors (Lipinski definition) is 2. The van der Waals surface area contributed by atoms with E-state index in [2.05, 4.69) is 15.5 Å². The molecule has 0 bridgehead atoms. The van der Waals surface area contributed by atoms with E-state index in [1.807, 2.05) is 49.4 Å². The summed E-state index contributed by atoms with van der Waals surface area (Å²) in [4.78, 5) is 25.2. The lowest BCUT2D eigenvalue weighted by Crippen LogP contribution is -2.21. The summed E-state index contributed by atoms with van der Waals surface area (Å²) < 4.78 is 1.65. The maximum atomic E-state index is 13.1. The van der Waals surface area contributed by atoms with Crippen molar-refractivity contribution < 1.29 is 4.79 Å². The van der Waals surface area contributed by atoms with Gasteiger partial charge in [0.2, 0.25) is 5.91 Å². The second-order valence-corrected chi connectivity index (χ2v) is 8.25. The first-order valence-corrected chi connectivity index (χ1v) is 10.2. The molecule has 0 spiro atoms. The molecule has 6 nitrogen and oxygen atoms in total. The molecule has 1 fully saturated rings. The van der Waals surface area contributed by atoms with Crippen LogP contribution in [-0.4, -0.2) is 20.7 Å². The van der Waals surface area contributed by atoms with Crippen molar-refractivity contribution in [3.8, 4) is 0 Å². The molecule has 28 heavy (non-hydrogen) atoms. The standard InChI is InChI=1S/C20H19ClN4O2S/c1-12-7-8-14(11-16(12)21)22-18(26)17(13-5-3-2-4-6-13)28-20-24-23-19(27)25(20)15-9-10-15/h2-8,11,15,17H,9-10H2,1H3,(H,22,26)(H,23,27)/t17-/m1/s1. The zero-order valence-electron chi connectivity index (χ0n) is 15.2. The number of thioether (sulfide) groups is 1. The summed E-state index contributed by atoms with van der Waals surface area (Å²) >= 11 is 7.45. The van der Waals surface area contributed by atoms with Crippen molar-refractivity contribution in [1.29, 1.82) is 0 Å². The highest BCUT2D eigenvalue weighted by atomic mass is 35.5. The van der Waals surface area contributed by atoms with Gasteiger partial charge >= 0.3 is 5.69 Å². The first-order valence-electron chi connectivity index (χ1n) is 8.98. The van der Waals surface area contributed by atoms with Crippen molar-refractivity contribution in [2.75, 3.05) is 5.32 Å². The Hall–Kier alpha value is -2.51. The Morgan fingerprint density at radius 3 is 2.71 bits per heavy atom. The Balaban J connectivity index is 1.63. The van der Waals surface area contributed by atoms with Crippen molar-refractivity contribution in [2.24, 2.45) is 0 Å². The van der Waals surface area contributed by atoms with Gasteiger partial charge in [-0.05, 0) is 43.0 Å². The van der Waals surface area contributed by atoms with Crippen LogP contribution in [0.2, 0.25) is 5.02 Å². The summed E-state index contributed by atoms with van der Waals surface area (Å²) in [5.74, 6) is -0.200. The average molecular weight is 415 g/mol.